The Labute approximate surface area is 246 Å². The van der Waals surface area contributed by atoms with E-state index in [-0.39, 0.29) is 75.8 Å². The number of esters is 1. The number of hydrogen-bond donors (Lipinski definition) is 0. The van der Waals surface area contributed by atoms with Crippen molar-refractivity contribution in [3.8, 4) is 11.5 Å². The maximum atomic E-state index is 15.3. The molecule has 1 amide bonds. The average Bonchev–Trinajstić information content (AvgIpc) is 2.99. The van der Waals surface area contributed by atoms with Gasteiger partial charge in [-0.15, -0.1) is 0 Å². The summed E-state index contributed by atoms with van der Waals surface area (Å²) in [6, 6.07) is 11.1. The van der Waals surface area contributed by atoms with Gasteiger partial charge in [-0.05, 0) is 56.0 Å². The Morgan fingerprint density at radius 2 is 1.58 bits per heavy atom. The smallest absolute Gasteiger partial charge is 0.315 e. The summed E-state index contributed by atoms with van der Waals surface area (Å²) in [4.78, 5) is 29.0. The van der Waals surface area contributed by atoms with Crippen molar-refractivity contribution in [2.24, 2.45) is 5.41 Å². The average molecular weight is 601 g/mol. The number of rotatable bonds is 9. The van der Waals surface area contributed by atoms with E-state index in [1.807, 2.05) is 0 Å². The van der Waals surface area contributed by atoms with Crippen LogP contribution in [0.15, 0.2) is 48.5 Å². The van der Waals surface area contributed by atoms with Crippen LogP contribution >= 0.6 is 0 Å². The number of carbonyl (C=O) groups excluding carboxylic acids is 2. The summed E-state index contributed by atoms with van der Waals surface area (Å²) in [6.45, 7) is 2.00. The van der Waals surface area contributed by atoms with Gasteiger partial charge in [0, 0.05) is 37.2 Å². The van der Waals surface area contributed by atoms with Crippen LogP contribution in [0.5, 0.6) is 11.5 Å². The number of hydrogen-bond acceptors (Lipinski definition) is 6. The molecule has 1 fully saturated rings. The minimum absolute atomic E-state index is 0.0906. The van der Waals surface area contributed by atoms with Crippen molar-refractivity contribution in [2.75, 3.05) is 43.2 Å². The van der Waals surface area contributed by atoms with Crippen molar-refractivity contribution in [1.29, 1.82) is 0 Å². The molecule has 0 aromatic heterocycles. The molecule has 228 valence electrons. The zero-order chi connectivity index (χ0) is 30.7. The summed E-state index contributed by atoms with van der Waals surface area (Å²) < 4.78 is 74.4. The van der Waals surface area contributed by atoms with Gasteiger partial charge in [0.05, 0.1) is 25.9 Å². The summed E-state index contributed by atoms with van der Waals surface area (Å²) in [5, 5.41) is 0. The largest absolute Gasteiger partial charge is 0.497 e. The van der Waals surface area contributed by atoms with E-state index in [1.165, 1.54) is 21.9 Å². The minimum Gasteiger partial charge on any atom is -0.497 e. The lowest BCUT2D eigenvalue weighted by Gasteiger charge is -2.41. The van der Waals surface area contributed by atoms with Gasteiger partial charge in [0.15, 0.2) is 11.6 Å². The molecule has 7 nitrogen and oxygen atoms in total. The summed E-state index contributed by atoms with van der Waals surface area (Å²) in [7, 11) is 1.55. The monoisotopic (exact) mass is 600 g/mol. The summed E-state index contributed by atoms with van der Waals surface area (Å²) >= 11 is 0. The van der Waals surface area contributed by atoms with E-state index in [0.717, 1.165) is 5.56 Å². The molecule has 0 spiro atoms. The van der Waals surface area contributed by atoms with Crippen molar-refractivity contribution in [2.45, 2.75) is 39.2 Å². The van der Waals surface area contributed by atoms with Crippen LogP contribution in [0.25, 0.3) is 0 Å². The van der Waals surface area contributed by atoms with Crippen LogP contribution in [0.4, 0.5) is 28.9 Å². The third-order valence-corrected chi connectivity index (χ3v) is 8.08. The first kappa shape index (κ1) is 30.2. The molecule has 43 heavy (non-hydrogen) atoms. The van der Waals surface area contributed by atoms with Crippen LogP contribution in [0.1, 0.15) is 37.3 Å². The molecule has 0 atom stereocenters. The number of halogens is 4. The minimum atomic E-state index is -1.14. The molecule has 0 bridgehead atoms. The Hall–Kier alpha value is -4.28. The lowest BCUT2D eigenvalue weighted by Crippen LogP contribution is -2.49. The molecule has 0 N–H and O–H groups in total. The van der Waals surface area contributed by atoms with Gasteiger partial charge in [-0.3, -0.25) is 9.59 Å². The van der Waals surface area contributed by atoms with Crippen LogP contribution in [-0.4, -0.2) is 45.3 Å². The molecule has 0 saturated carbocycles. The number of nitrogens with zero attached hydrogens (tertiary/aromatic N) is 2. The number of methoxy groups -OCH3 is 1. The lowest BCUT2D eigenvalue weighted by atomic mass is 9.78. The fourth-order valence-electron chi connectivity index (χ4n) is 5.73. The first-order chi connectivity index (χ1) is 20.7. The zero-order valence-corrected chi connectivity index (χ0v) is 23.9. The van der Waals surface area contributed by atoms with Crippen molar-refractivity contribution >= 4 is 23.3 Å². The van der Waals surface area contributed by atoms with Crippen LogP contribution in [0.2, 0.25) is 0 Å². The summed E-state index contributed by atoms with van der Waals surface area (Å²) in [5.41, 5.74) is -0.0655. The van der Waals surface area contributed by atoms with Gasteiger partial charge < -0.3 is 24.0 Å². The van der Waals surface area contributed by atoms with Crippen molar-refractivity contribution < 1.29 is 41.4 Å². The normalized spacial score (nSPS) is 16.1. The predicted octanol–water partition coefficient (Wildman–Crippen LogP) is 5.96. The van der Waals surface area contributed by atoms with E-state index >= 15 is 4.39 Å². The Kier molecular flexibility index (Phi) is 8.79. The second-order valence-corrected chi connectivity index (χ2v) is 10.7. The number of ether oxygens (including phenoxy) is 3. The molecule has 2 aliphatic rings. The molecular weight excluding hydrogens is 568 g/mol. The highest BCUT2D eigenvalue weighted by atomic mass is 19.1. The molecule has 1 saturated heterocycles. The Morgan fingerprint density at radius 3 is 2.21 bits per heavy atom. The molecule has 5 rings (SSSR count). The molecule has 11 heteroatoms. The maximum absolute atomic E-state index is 15.3. The van der Waals surface area contributed by atoms with Gasteiger partial charge in [0.25, 0.3) is 0 Å². The van der Waals surface area contributed by atoms with Gasteiger partial charge in [0.2, 0.25) is 5.91 Å². The highest BCUT2D eigenvalue weighted by molar-refractivity contribution is 5.97. The summed E-state index contributed by atoms with van der Waals surface area (Å²) in [5.74, 6) is -3.38. The molecule has 2 aliphatic heterocycles. The van der Waals surface area contributed by atoms with Crippen LogP contribution < -0.4 is 19.3 Å². The third-order valence-electron chi connectivity index (χ3n) is 8.08. The van der Waals surface area contributed by atoms with Crippen molar-refractivity contribution in [3.63, 3.8) is 0 Å². The number of anilines is 2. The van der Waals surface area contributed by atoms with Gasteiger partial charge in [-0.2, -0.15) is 0 Å². The first-order valence-corrected chi connectivity index (χ1v) is 14.1. The third kappa shape index (κ3) is 6.11. The van der Waals surface area contributed by atoms with Gasteiger partial charge in [-0.25, -0.2) is 17.6 Å². The van der Waals surface area contributed by atoms with Crippen molar-refractivity contribution in [3.05, 3.63) is 82.9 Å². The van der Waals surface area contributed by atoms with E-state index < -0.39 is 34.7 Å². The molecule has 0 unspecified atom stereocenters. The number of amides is 1. The van der Waals surface area contributed by atoms with E-state index in [2.05, 4.69) is 0 Å². The molecule has 3 aromatic carbocycles. The van der Waals surface area contributed by atoms with E-state index in [9.17, 15) is 22.8 Å². The fourth-order valence-corrected chi connectivity index (χ4v) is 5.73. The first-order valence-electron chi connectivity index (χ1n) is 14.1. The van der Waals surface area contributed by atoms with Crippen molar-refractivity contribution in [1.82, 2.24) is 0 Å². The van der Waals surface area contributed by atoms with Gasteiger partial charge >= 0.3 is 5.97 Å². The van der Waals surface area contributed by atoms with Gasteiger partial charge in [0.1, 0.15) is 40.8 Å². The van der Waals surface area contributed by atoms with E-state index in [0.29, 0.717) is 29.2 Å². The molecule has 2 heterocycles. The number of piperidine rings is 1. The van der Waals surface area contributed by atoms with E-state index in [4.69, 9.17) is 14.2 Å². The predicted molar refractivity (Wildman–Crippen MR) is 151 cm³/mol. The molecule has 0 aliphatic carbocycles. The van der Waals surface area contributed by atoms with Crippen LogP contribution in [0, 0.1) is 28.7 Å². The Bertz CT molecular complexity index is 1480. The SMILES string of the molecule is CCOC(=O)C1(COc2ccc(F)c3c2CCC(=O)N3Cc2ccc(OC)cc2)CCN(c2c(F)cc(F)cc2F)CC1. The molecule has 0 radical (unpaired) electrons. The van der Waals surface area contributed by atoms with Crippen LogP contribution in [0.3, 0.4) is 0 Å². The molecule has 3 aromatic rings. The topological polar surface area (TPSA) is 68.3 Å². The van der Waals surface area contributed by atoms with Crippen LogP contribution in [-0.2, 0) is 27.3 Å². The van der Waals surface area contributed by atoms with Gasteiger partial charge in [-0.1, -0.05) is 12.1 Å². The standard InChI is InChI=1S/C32H32F4N2O5/c1-3-42-31(40)32(12-14-37(15-13-32)30-25(35)16-21(33)17-26(30)36)19-43-27-10-9-24(34)29-23(27)8-11-28(39)38(29)18-20-4-6-22(41-2)7-5-20/h4-7,9-10,16-17H,3,8,11-15,18-19H2,1-2H3. The zero-order valence-electron chi connectivity index (χ0n) is 23.9. The second-order valence-electron chi connectivity index (χ2n) is 10.7. The quantitative estimate of drug-likeness (QED) is 0.223. The number of fused-ring (bicyclic) bond motifs is 1. The summed E-state index contributed by atoms with van der Waals surface area (Å²) in [6.07, 6.45) is 0.695. The second kappa shape index (κ2) is 12.5. The Morgan fingerprint density at radius 1 is 0.907 bits per heavy atom. The lowest BCUT2D eigenvalue weighted by molar-refractivity contribution is -0.159. The highest BCUT2D eigenvalue weighted by Gasteiger charge is 2.45. The van der Waals surface area contributed by atoms with E-state index in [1.54, 1.807) is 38.3 Å². The highest BCUT2D eigenvalue weighted by Crippen LogP contribution is 2.41. The fraction of sp³-hybridized carbons (Fsp3) is 0.375. The maximum Gasteiger partial charge on any atom is 0.315 e. The number of carbonyl (C=O) groups is 2. The molecular formula is C32H32F4N2O5. The number of benzene rings is 3. The Balaban J connectivity index is 1.38.